The number of carbonyl (C=O) groups excluding carboxylic acids is 3. The van der Waals surface area contributed by atoms with Gasteiger partial charge in [-0.15, -0.1) is 0 Å². The van der Waals surface area contributed by atoms with Crippen molar-refractivity contribution in [3.8, 4) is 11.1 Å². The zero-order valence-electron chi connectivity index (χ0n) is 17.5. The van der Waals surface area contributed by atoms with Gasteiger partial charge in [-0.05, 0) is 42.2 Å². The Balaban J connectivity index is 2.08. The Morgan fingerprint density at radius 2 is 1.58 bits per heavy atom. The molecule has 1 unspecified atom stereocenters. The largest absolute Gasteiger partial charge is 0.469 e. The van der Waals surface area contributed by atoms with Gasteiger partial charge in [-0.3, -0.25) is 14.4 Å². The summed E-state index contributed by atoms with van der Waals surface area (Å²) in [5, 5.41) is 2.75. The van der Waals surface area contributed by atoms with E-state index in [0.717, 1.165) is 11.6 Å². The van der Waals surface area contributed by atoms with Crippen LogP contribution in [0.15, 0.2) is 42.5 Å². The molecule has 0 radical (unpaired) electrons. The lowest BCUT2D eigenvalue weighted by Gasteiger charge is -2.18. The SMILES string of the molecule is CCOC(=O)CC(Cc1ccc(-c2cc(F)cc(F)c2)cc1)NC(=O)CCC(=O)OC. The summed E-state index contributed by atoms with van der Waals surface area (Å²) in [5.41, 5.74) is 1.85. The average molecular weight is 433 g/mol. The Bertz CT molecular complexity index is 894. The molecule has 0 aliphatic carbocycles. The lowest BCUT2D eigenvalue weighted by molar-refractivity contribution is -0.144. The molecule has 1 N–H and O–H groups in total. The molecule has 0 fully saturated rings. The lowest BCUT2D eigenvalue weighted by atomic mass is 9.99. The summed E-state index contributed by atoms with van der Waals surface area (Å²) in [4.78, 5) is 35.3. The van der Waals surface area contributed by atoms with Crippen molar-refractivity contribution in [2.24, 2.45) is 0 Å². The molecule has 1 amide bonds. The quantitative estimate of drug-likeness (QED) is 0.580. The average Bonchev–Trinajstić information content (AvgIpc) is 2.72. The van der Waals surface area contributed by atoms with Crippen LogP contribution in [0.3, 0.4) is 0 Å². The molecule has 31 heavy (non-hydrogen) atoms. The molecule has 6 nitrogen and oxygen atoms in total. The molecule has 0 saturated carbocycles. The molecule has 2 aromatic rings. The number of benzene rings is 2. The first-order chi connectivity index (χ1) is 14.8. The highest BCUT2D eigenvalue weighted by molar-refractivity contribution is 5.82. The second-order valence-corrected chi connectivity index (χ2v) is 6.91. The fourth-order valence-electron chi connectivity index (χ4n) is 3.05. The van der Waals surface area contributed by atoms with E-state index in [1.54, 1.807) is 31.2 Å². The summed E-state index contributed by atoms with van der Waals surface area (Å²) < 4.78 is 36.4. The van der Waals surface area contributed by atoms with E-state index < -0.39 is 29.6 Å². The van der Waals surface area contributed by atoms with E-state index in [1.165, 1.54) is 19.2 Å². The van der Waals surface area contributed by atoms with Crippen LogP contribution in [0.4, 0.5) is 8.78 Å². The molecule has 8 heteroatoms. The van der Waals surface area contributed by atoms with E-state index in [0.29, 0.717) is 17.5 Å². The van der Waals surface area contributed by atoms with Gasteiger partial charge in [-0.2, -0.15) is 0 Å². The van der Waals surface area contributed by atoms with Gasteiger partial charge in [-0.1, -0.05) is 24.3 Å². The molecule has 2 rings (SSSR count). The first-order valence-electron chi connectivity index (χ1n) is 9.88. The van der Waals surface area contributed by atoms with Gasteiger partial charge in [0.1, 0.15) is 11.6 Å². The van der Waals surface area contributed by atoms with E-state index >= 15 is 0 Å². The van der Waals surface area contributed by atoms with Crippen molar-refractivity contribution in [1.82, 2.24) is 5.32 Å². The van der Waals surface area contributed by atoms with E-state index in [-0.39, 0.29) is 31.8 Å². The maximum atomic E-state index is 13.5. The Morgan fingerprint density at radius 3 is 2.16 bits per heavy atom. The predicted octanol–water partition coefficient (Wildman–Crippen LogP) is 3.57. The molecule has 0 spiro atoms. The topological polar surface area (TPSA) is 81.7 Å². The summed E-state index contributed by atoms with van der Waals surface area (Å²) in [5.74, 6) is -2.66. The van der Waals surface area contributed by atoms with Crippen molar-refractivity contribution >= 4 is 17.8 Å². The number of hydrogen-bond acceptors (Lipinski definition) is 5. The third kappa shape index (κ3) is 8.16. The number of halogens is 2. The highest BCUT2D eigenvalue weighted by Gasteiger charge is 2.19. The highest BCUT2D eigenvalue weighted by Crippen LogP contribution is 2.22. The van der Waals surface area contributed by atoms with Crippen LogP contribution in [-0.2, 0) is 30.3 Å². The number of methoxy groups -OCH3 is 1. The van der Waals surface area contributed by atoms with Gasteiger partial charge in [-0.25, -0.2) is 8.78 Å². The number of carbonyl (C=O) groups is 3. The van der Waals surface area contributed by atoms with E-state index in [4.69, 9.17) is 4.74 Å². The standard InChI is InChI=1S/C23H25F2NO5/c1-3-31-23(29)14-20(26-21(27)8-9-22(28)30-2)10-15-4-6-16(7-5-15)17-11-18(24)13-19(25)12-17/h4-7,11-13,20H,3,8-10,14H2,1-2H3,(H,26,27). The number of esters is 2. The van der Waals surface area contributed by atoms with Gasteiger partial charge >= 0.3 is 11.9 Å². The fraction of sp³-hybridized carbons (Fsp3) is 0.348. The van der Waals surface area contributed by atoms with Crippen molar-refractivity contribution in [3.63, 3.8) is 0 Å². The molecule has 0 aliphatic rings. The maximum Gasteiger partial charge on any atom is 0.307 e. The van der Waals surface area contributed by atoms with Crippen molar-refractivity contribution in [2.75, 3.05) is 13.7 Å². The second-order valence-electron chi connectivity index (χ2n) is 6.91. The van der Waals surface area contributed by atoms with Crippen molar-refractivity contribution in [3.05, 3.63) is 59.7 Å². The zero-order chi connectivity index (χ0) is 22.8. The molecule has 0 saturated heterocycles. The van der Waals surface area contributed by atoms with Crippen LogP contribution in [0.5, 0.6) is 0 Å². The first kappa shape index (κ1) is 24.0. The van der Waals surface area contributed by atoms with Gasteiger partial charge in [0.25, 0.3) is 0 Å². The van der Waals surface area contributed by atoms with Crippen LogP contribution >= 0.6 is 0 Å². The molecular weight excluding hydrogens is 408 g/mol. The lowest BCUT2D eigenvalue weighted by Crippen LogP contribution is -2.38. The number of hydrogen-bond donors (Lipinski definition) is 1. The highest BCUT2D eigenvalue weighted by atomic mass is 19.1. The second kappa shape index (κ2) is 11.8. The third-order valence-corrected chi connectivity index (χ3v) is 4.50. The minimum atomic E-state index is -0.664. The number of ether oxygens (including phenoxy) is 2. The molecule has 0 heterocycles. The van der Waals surface area contributed by atoms with Crippen LogP contribution < -0.4 is 5.32 Å². The van der Waals surface area contributed by atoms with Gasteiger partial charge in [0.15, 0.2) is 0 Å². The minimum Gasteiger partial charge on any atom is -0.469 e. The summed E-state index contributed by atoms with van der Waals surface area (Å²) in [6, 6.07) is 9.69. The minimum absolute atomic E-state index is 0.0331. The van der Waals surface area contributed by atoms with Gasteiger partial charge < -0.3 is 14.8 Å². The molecule has 0 aliphatic heterocycles. The summed E-state index contributed by atoms with van der Waals surface area (Å²) in [6.45, 7) is 1.91. The van der Waals surface area contributed by atoms with Crippen LogP contribution in [-0.4, -0.2) is 37.6 Å². The number of nitrogens with one attached hydrogen (secondary N) is 1. The number of amides is 1. The van der Waals surface area contributed by atoms with Crippen LogP contribution in [0.25, 0.3) is 11.1 Å². The van der Waals surface area contributed by atoms with Crippen molar-refractivity contribution < 1.29 is 32.6 Å². The Kier molecular flexibility index (Phi) is 9.12. The normalized spacial score (nSPS) is 11.5. The monoisotopic (exact) mass is 433 g/mol. The van der Waals surface area contributed by atoms with E-state index in [2.05, 4.69) is 10.1 Å². The fourth-order valence-corrected chi connectivity index (χ4v) is 3.05. The first-order valence-corrected chi connectivity index (χ1v) is 9.88. The Labute approximate surface area is 179 Å². The van der Waals surface area contributed by atoms with Crippen molar-refractivity contribution in [2.45, 2.75) is 38.6 Å². The molecule has 1 atom stereocenters. The molecule has 0 bridgehead atoms. The Hall–Kier alpha value is -3.29. The summed E-state index contributed by atoms with van der Waals surface area (Å²) >= 11 is 0. The van der Waals surface area contributed by atoms with Gasteiger partial charge in [0.2, 0.25) is 5.91 Å². The van der Waals surface area contributed by atoms with Crippen LogP contribution in [0.1, 0.15) is 31.7 Å². The predicted molar refractivity (Wildman–Crippen MR) is 110 cm³/mol. The molecule has 166 valence electrons. The molecular formula is C23H25F2NO5. The maximum absolute atomic E-state index is 13.5. The summed E-state index contributed by atoms with van der Waals surface area (Å²) in [7, 11) is 1.24. The molecule has 2 aromatic carbocycles. The number of rotatable bonds is 10. The van der Waals surface area contributed by atoms with Crippen LogP contribution in [0, 0.1) is 11.6 Å². The van der Waals surface area contributed by atoms with E-state index in [1.807, 2.05) is 0 Å². The van der Waals surface area contributed by atoms with Crippen molar-refractivity contribution in [1.29, 1.82) is 0 Å². The van der Waals surface area contributed by atoms with E-state index in [9.17, 15) is 23.2 Å². The van der Waals surface area contributed by atoms with Gasteiger partial charge in [0, 0.05) is 18.5 Å². The van der Waals surface area contributed by atoms with Crippen LogP contribution in [0.2, 0.25) is 0 Å². The summed E-state index contributed by atoms with van der Waals surface area (Å²) in [6.07, 6.45) is 0.179. The zero-order valence-corrected chi connectivity index (χ0v) is 17.5. The van der Waals surface area contributed by atoms with Gasteiger partial charge in [0.05, 0.1) is 26.6 Å². The Morgan fingerprint density at radius 1 is 0.935 bits per heavy atom. The third-order valence-electron chi connectivity index (χ3n) is 4.50. The molecule has 0 aromatic heterocycles. The smallest absolute Gasteiger partial charge is 0.307 e.